The normalized spacial score (nSPS) is 20.2. The van der Waals surface area contributed by atoms with E-state index in [0.717, 1.165) is 10.5 Å². The number of benzene rings is 1. The lowest BCUT2D eigenvalue weighted by atomic mass is 10.0. The number of carboxylic acid groups (broad SMARTS) is 1. The van der Waals surface area contributed by atoms with E-state index in [1.807, 2.05) is 30.3 Å². The van der Waals surface area contributed by atoms with Crippen molar-refractivity contribution in [2.24, 2.45) is 0 Å². The smallest absolute Gasteiger partial charge is 0.327 e. The van der Waals surface area contributed by atoms with Crippen molar-refractivity contribution in [2.75, 3.05) is 24.7 Å². The standard InChI is InChI=1S/C20H28N2O7S/c1-3-29-20(26)16(10-9-15-7-5-4-6-8-15)21-14(2)18(23)22-11-12-30(27,28)13-17(22)19(24)25/h4-8,14,16-17,21H,3,9-13H2,1-2H3,(H,24,25)/t14-,16?,17?/m0/s1. The Morgan fingerprint density at radius 1 is 1.27 bits per heavy atom. The van der Waals surface area contributed by atoms with Gasteiger partial charge >= 0.3 is 11.9 Å². The van der Waals surface area contributed by atoms with Gasteiger partial charge in [-0.3, -0.25) is 14.9 Å². The van der Waals surface area contributed by atoms with Crippen molar-refractivity contribution >= 4 is 27.7 Å². The topological polar surface area (TPSA) is 130 Å². The van der Waals surface area contributed by atoms with Gasteiger partial charge in [0.2, 0.25) is 5.91 Å². The molecule has 0 radical (unpaired) electrons. The fourth-order valence-corrected chi connectivity index (χ4v) is 4.81. The highest BCUT2D eigenvalue weighted by Crippen LogP contribution is 2.15. The van der Waals surface area contributed by atoms with Crippen LogP contribution in [0.1, 0.15) is 25.8 Å². The molecule has 10 heteroatoms. The summed E-state index contributed by atoms with van der Waals surface area (Å²) in [6.07, 6.45) is 0.967. The summed E-state index contributed by atoms with van der Waals surface area (Å²) in [6, 6.07) is 6.45. The summed E-state index contributed by atoms with van der Waals surface area (Å²) in [7, 11) is -3.52. The third-order valence-corrected chi connectivity index (χ3v) is 6.58. The summed E-state index contributed by atoms with van der Waals surface area (Å²) in [5.74, 6) is -3.33. The zero-order valence-corrected chi connectivity index (χ0v) is 17.9. The molecule has 1 aromatic carbocycles. The summed E-state index contributed by atoms with van der Waals surface area (Å²) in [5, 5.41) is 12.3. The lowest BCUT2D eigenvalue weighted by molar-refractivity contribution is -0.151. The first-order valence-corrected chi connectivity index (χ1v) is 11.7. The zero-order chi connectivity index (χ0) is 22.3. The van der Waals surface area contributed by atoms with E-state index in [1.54, 1.807) is 6.92 Å². The molecule has 0 spiro atoms. The van der Waals surface area contributed by atoms with Gasteiger partial charge in [0.05, 0.1) is 24.2 Å². The third-order valence-electron chi connectivity index (χ3n) is 4.96. The molecule has 9 nitrogen and oxygen atoms in total. The van der Waals surface area contributed by atoms with Crippen LogP contribution in [0.2, 0.25) is 0 Å². The predicted octanol–water partition coefficient (Wildman–Crippen LogP) is 0.239. The Balaban J connectivity index is 2.08. The molecule has 3 atom stereocenters. The molecule has 0 bridgehead atoms. The quantitative estimate of drug-likeness (QED) is 0.522. The van der Waals surface area contributed by atoms with Gasteiger partial charge in [0.1, 0.15) is 12.1 Å². The molecule has 166 valence electrons. The lowest BCUT2D eigenvalue weighted by Crippen LogP contribution is -2.60. The number of aryl methyl sites for hydroxylation is 1. The van der Waals surface area contributed by atoms with Gasteiger partial charge in [0, 0.05) is 6.54 Å². The van der Waals surface area contributed by atoms with Crippen LogP contribution in [0.15, 0.2) is 30.3 Å². The molecular formula is C20H28N2O7S. The molecule has 2 rings (SSSR count). The van der Waals surface area contributed by atoms with Gasteiger partial charge in [-0.1, -0.05) is 30.3 Å². The number of carbonyl (C=O) groups excluding carboxylic acids is 2. The van der Waals surface area contributed by atoms with Crippen molar-refractivity contribution < 1.29 is 32.6 Å². The Bertz CT molecular complexity index is 857. The summed E-state index contributed by atoms with van der Waals surface area (Å²) < 4.78 is 28.7. The second-order valence-electron chi connectivity index (χ2n) is 7.22. The molecule has 1 saturated heterocycles. The highest BCUT2D eigenvalue weighted by atomic mass is 32.2. The predicted molar refractivity (Wildman–Crippen MR) is 110 cm³/mol. The molecule has 1 heterocycles. The average molecular weight is 441 g/mol. The number of ether oxygens (including phenoxy) is 1. The van der Waals surface area contributed by atoms with E-state index in [1.165, 1.54) is 6.92 Å². The van der Waals surface area contributed by atoms with E-state index in [0.29, 0.717) is 12.8 Å². The highest BCUT2D eigenvalue weighted by Gasteiger charge is 2.40. The summed E-state index contributed by atoms with van der Waals surface area (Å²) in [6.45, 7) is 3.21. The van der Waals surface area contributed by atoms with Gasteiger partial charge in [0.15, 0.2) is 9.84 Å². The maximum atomic E-state index is 12.9. The maximum Gasteiger partial charge on any atom is 0.327 e. The Hall–Kier alpha value is -2.46. The molecule has 0 aromatic heterocycles. The van der Waals surface area contributed by atoms with Crippen molar-refractivity contribution in [1.82, 2.24) is 10.2 Å². The lowest BCUT2D eigenvalue weighted by Gasteiger charge is -2.35. The Kier molecular flexibility index (Phi) is 8.36. The number of nitrogens with one attached hydrogen (secondary N) is 1. The van der Waals surface area contributed by atoms with Crippen molar-refractivity contribution in [3.8, 4) is 0 Å². The van der Waals surface area contributed by atoms with Crippen LogP contribution in [-0.4, -0.2) is 79.1 Å². The number of nitrogens with zero attached hydrogens (tertiary/aromatic N) is 1. The van der Waals surface area contributed by atoms with Crippen molar-refractivity contribution in [3.63, 3.8) is 0 Å². The number of hydrogen-bond acceptors (Lipinski definition) is 7. The van der Waals surface area contributed by atoms with E-state index in [-0.39, 0.29) is 18.9 Å². The minimum Gasteiger partial charge on any atom is -0.480 e. The van der Waals surface area contributed by atoms with Gasteiger partial charge in [-0.25, -0.2) is 13.2 Å². The minimum absolute atomic E-state index is 0.190. The first-order valence-electron chi connectivity index (χ1n) is 9.85. The highest BCUT2D eigenvalue weighted by molar-refractivity contribution is 7.91. The van der Waals surface area contributed by atoms with E-state index in [9.17, 15) is 27.9 Å². The molecular weight excluding hydrogens is 412 g/mol. The first kappa shape index (κ1) is 23.8. The summed E-state index contributed by atoms with van der Waals surface area (Å²) >= 11 is 0. The van der Waals surface area contributed by atoms with Gasteiger partial charge in [0.25, 0.3) is 0 Å². The van der Waals surface area contributed by atoms with Crippen LogP contribution in [0.4, 0.5) is 0 Å². The Morgan fingerprint density at radius 3 is 2.53 bits per heavy atom. The number of hydrogen-bond donors (Lipinski definition) is 2. The largest absolute Gasteiger partial charge is 0.480 e. The van der Waals surface area contributed by atoms with E-state index in [2.05, 4.69) is 5.32 Å². The van der Waals surface area contributed by atoms with Crippen molar-refractivity contribution in [3.05, 3.63) is 35.9 Å². The van der Waals surface area contributed by atoms with E-state index >= 15 is 0 Å². The fraction of sp³-hybridized carbons (Fsp3) is 0.550. The number of esters is 1. The second-order valence-corrected chi connectivity index (χ2v) is 9.45. The fourth-order valence-electron chi connectivity index (χ4n) is 3.37. The number of sulfone groups is 1. The third kappa shape index (κ3) is 6.53. The first-order chi connectivity index (χ1) is 14.1. The zero-order valence-electron chi connectivity index (χ0n) is 17.1. The average Bonchev–Trinajstić information content (AvgIpc) is 2.70. The van der Waals surface area contributed by atoms with Gasteiger partial charge in [-0.05, 0) is 32.3 Å². The number of carboxylic acids is 1. The van der Waals surface area contributed by atoms with Gasteiger partial charge in [-0.2, -0.15) is 0 Å². The molecule has 1 aliphatic heterocycles. The van der Waals surface area contributed by atoms with Crippen LogP contribution >= 0.6 is 0 Å². The molecule has 30 heavy (non-hydrogen) atoms. The van der Waals surface area contributed by atoms with Crippen LogP contribution in [0, 0.1) is 0 Å². The molecule has 0 saturated carbocycles. The molecule has 1 aromatic rings. The van der Waals surface area contributed by atoms with Gasteiger partial charge < -0.3 is 14.7 Å². The molecule has 1 amide bonds. The van der Waals surface area contributed by atoms with E-state index in [4.69, 9.17) is 4.74 Å². The van der Waals surface area contributed by atoms with E-state index < -0.39 is 51.6 Å². The molecule has 1 aliphatic rings. The van der Waals surface area contributed by atoms with Crippen LogP contribution in [0.5, 0.6) is 0 Å². The van der Waals surface area contributed by atoms with Crippen LogP contribution < -0.4 is 5.32 Å². The second kappa shape index (κ2) is 10.5. The number of aliphatic carboxylic acids is 1. The maximum absolute atomic E-state index is 12.9. The Labute approximate surface area is 176 Å². The van der Waals surface area contributed by atoms with Crippen molar-refractivity contribution in [2.45, 2.75) is 44.8 Å². The number of rotatable bonds is 9. The summed E-state index contributed by atoms with van der Waals surface area (Å²) in [5.41, 5.74) is 1.03. The molecule has 1 fully saturated rings. The van der Waals surface area contributed by atoms with Crippen molar-refractivity contribution in [1.29, 1.82) is 0 Å². The van der Waals surface area contributed by atoms with Gasteiger partial charge in [-0.15, -0.1) is 0 Å². The Morgan fingerprint density at radius 2 is 1.93 bits per heavy atom. The summed E-state index contributed by atoms with van der Waals surface area (Å²) in [4.78, 5) is 37.8. The monoisotopic (exact) mass is 440 g/mol. The SMILES string of the molecule is CCOC(=O)C(CCc1ccccc1)N[C@@H](C)C(=O)N1CCS(=O)(=O)CC1C(=O)O. The molecule has 0 aliphatic carbocycles. The number of carbonyl (C=O) groups is 3. The van der Waals surface area contributed by atoms with Crippen LogP contribution in [-0.2, 0) is 35.4 Å². The number of amides is 1. The van der Waals surface area contributed by atoms with Crippen LogP contribution in [0.3, 0.4) is 0 Å². The molecule has 2 N–H and O–H groups in total. The minimum atomic E-state index is -3.52. The molecule has 2 unspecified atom stereocenters. The van der Waals surface area contributed by atoms with Crippen LogP contribution in [0.25, 0.3) is 0 Å².